The first kappa shape index (κ1) is 15.2. The molecule has 2 rings (SSSR count). The van der Waals surface area contributed by atoms with Gasteiger partial charge < -0.3 is 10.8 Å². The lowest BCUT2D eigenvalue weighted by molar-refractivity contribution is 0.146. The third-order valence-electron chi connectivity index (χ3n) is 3.75. The number of aryl methyl sites for hydroxylation is 2. The number of rotatable bonds is 4. The summed E-state index contributed by atoms with van der Waals surface area (Å²) in [5.41, 5.74) is 10.2. The zero-order chi connectivity index (χ0) is 14.7. The lowest BCUT2D eigenvalue weighted by Crippen LogP contribution is -2.21. The van der Waals surface area contributed by atoms with Crippen LogP contribution in [0.1, 0.15) is 34.3 Å². The largest absolute Gasteiger partial charge is 0.388 e. The Bertz CT molecular complexity index is 577. The van der Waals surface area contributed by atoms with Gasteiger partial charge in [0.2, 0.25) is 0 Å². The van der Waals surface area contributed by atoms with E-state index in [1.807, 2.05) is 56.3 Å². The van der Waals surface area contributed by atoms with Gasteiger partial charge in [-0.05, 0) is 48.2 Å². The first-order valence-corrected chi connectivity index (χ1v) is 7.53. The second kappa shape index (κ2) is 6.53. The highest BCUT2D eigenvalue weighted by atomic mass is 79.9. The maximum Gasteiger partial charge on any atom is 0.0875 e. The van der Waals surface area contributed by atoms with E-state index >= 15 is 0 Å². The minimum absolute atomic E-state index is 0.104. The summed E-state index contributed by atoms with van der Waals surface area (Å²) in [4.78, 5) is 0. The van der Waals surface area contributed by atoms with Crippen LogP contribution in [0.3, 0.4) is 0 Å². The van der Waals surface area contributed by atoms with Crippen molar-refractivity contribution in [1.82, 2.24) is 0 Å². The van der Waals surface area contributed by atoms with Crippen molar-refractivity contribution in [1.29, 1.82) is 0 Å². The van der Waals surface area contributed by atoms with Gasteiger partial charge in [-0.1, -0.05) is 46.3 Å². The van der Waals surface area contributed by atoms with Gasteiger partial charge >= 0.3 is 0 Å². The number of hydrogen-bond acceptors (Lipinski definition) is 2. The maximum absolute atomic E-state index is 10.8. The second-order valence-corrected chi connectivity index (χ2v) is 6.06. The highest BCUT2D eigenvalue weighted by Crippen LogP contribution is 2.34. The normalized spacial score (nSPS) is 14.1. The fraction of sp³-hybridized carbons (Fsp3) is 0.294. The smallest absolute Gasteiger partial charge is 0.0875 e. The average molecular weight is 334 g/mol. The third kappa shape index (κ3) is 3.11. The monoisotopic (exact) mass is 333 g/mol. The van der Waals surface area contributed by atoms with Gasteiger partial charge in [0, 0.05) is 16.9 Å². The molecular weight excluding hydrogens is 314 g/mol. The summed E-state index contributed by atoms with van der Waals surface area (Å²) < 4.78 is 1.00. The fourth-order valence-corrected chi connectivity index (χ4v) is 3.10. The topological polar surface area (TPSA) is 46.2 Å². The predicted octanol–water partition coefficient (Wildman–Crippen LogP) is 3.84. The van der Waals surface area contributed by atoms with Crippen molar-refractivity contribution >= 4 is 15.9 Å². The Balaban J connectivity index is 2.41. The quantitative estimate of drug-likeness (QED) is 0.892. The van der Waals surface area contributed by atoms with Gasteiger partial charge in [-0.3, -0.25) is 0 Å². The molecule has 2 unspecified atom stereocenters. The van der Waals surface area contributed by atoms with Crippen LogP contribution in [-0.2, 0) is 0 Å². The molecule has 3 N–H and O–H groups in total. The predicted molar refractivity (Wildman–Crippen MR) is 86.8 cm³/mol. The molecule has 2 atom stereocenters. The molecule has 0 aliphatic carbocycles. The highest BCUT2D eigenvalue weighted by Gasteiger charge is 2.24. The van der Waals surface area contributed by atoms with Crippen LogP contribution in [0.4, 0.5) is 0 Å². The first-order valence-electron chi connectivity index (χ1n) is 6.74. The lowest BCUT2D eigenvalue weighted by atomic mass is 9.85. The Morgan fingerprint density at radius 3 is 2.25 bits per heavy atom. The molecule has 0 spiro atoms. The van der Waals surface area contributed by atoms with Crippen LogP contribution < -0.4 is 5.73 Å². The molecule has 0 fully saturated rings. The van der Waals surface area contributed by atoms with Gasteiger partial charge in [-0.15, -0.1) is 0 Å². The highest BCUT2D eigenvalue weighted by molar-refractivity contribution is 9.10. The van der Waals surface area contributed by atoms with Crippen LogP contribution in [-0.4, -0.2) is 11.7 Å². The number of aliphatic hydroxyl groups is 1. The minimum Gasteiger partial charge on any atom is -0.388 e. The third-order valence-corrected chi connectivity index (χ3v) is 4.24. The van der Waals surface area contributed by atoms with E-state index in [0.29, 0.717) is 6.54 Å². The van der Waals surface area contributed by atoms with Crippen molar-refractivity contribution in [3.63, 3.8) is 0 Å². The van der Waals surface area contributed by atoms with E-state index in [4.69, 9.17) is 5.73 Å². The zero-order valence-corrected chi connectivity index (χ0v) is 13.4. The molecule has 0 bridgehead atoms. The average Bonchev–Trinajstić information content (AvgIpc) is 2.39. The van der Waals surface area contributed by atoms with E-state index in [0.717, 1.165) is 26.7 Å². The van der Waals surface area contributed by atoms with Crippen LogP contribution in [0.2, 0.25) is 0 Å². The molecule has 0 aromatic heterocycles. The van der Waals surface area contributed by atoms with E-state index in [2.05, 4.69) is 15.9 Å². The van der Waals surface area contributed by atoms with Gasteiger partial charge in [-0.2, -0.15) is 0 Å². The summed E-state index contributed by atoms with van der Waals surface area (Å²) in [6.45, 7) is 4.46. The number of nitrogens with two attached hydrogens (primary N) is 1. The lowest BCUT2D eigenvalue weighted by Gasteiger charge is -2.25. The van der Waals surface area contributed by atoms with Gasteiger partial charge in [-0.25, -0.2) is 0 Å². The van der Waals surface area contributed by atoms with Gasteiger partial charge in [0.05, 0.1) is 6.10 Å². The molecule has 2 nitrogen and oxygen atoms in total. The number of hydrogen-bond donors (Lipinski definition) is 2. The van der Waals surface area contributed by atoms with Gasteiger partial charge in [0.1, 0.15) is 0 Å². The molecule has 2 aromatic rings. The molecule has 20 heavy (non-hydrogen) atoms. The number of halogens is 1. The van der Waals surface area contributed by atoms with E-state index in [-0.39, 0.29) is 5.92 Å². The molecular formula is C17H20BrNO. The molecule has 0 saturated heterocycles. The Labute approximate surface area is 128 Å². The van der Waals surface area contributed by atoms with E-state index in [1.165, 1.54) is 0 Å². The molecule has 0 amide bonds. The van der Waals surface area contributed by atoms with Crippen LogP contribution in [0.15, 0.2) is 46.9 Å². The molecule has 2 aromatic carbocycles. The molecule has 0 aliphatic rings. The summed E-state index contributed by atoms with van der Waals surface area (Å²) in [6.07, 6.45) is -0.588. The van der Waals surface area contributed by atoms with Crippen LogP contribution in [0.5, 0.6) is 0 Å². The van der Waals surface area contributed by atoms with Crippen molar-refractivity contribution in [2.75, 3.05) is 6.54 Å². The molecule has 0 saturated carbocycles. The van der Waals surface area contributed by atoms with Gasteiger partial charge in [0.15, 0.2) is 0 Å². The number of aliphatic hydroxyl groups excluding tert-OH is 1. The number of benzene rings is 2. The molecule has 0 aliphatic heterocycles. The minimum atomic E-state index is -0.588. The van der Waals surface area contributed by atoms with Crippen molar-refractivity contribution in [2.45, 2.75) is 25.9 Å². The molecule has 0 radical (unpaired) electrons. The van der Waals surface area contributed by atoms with Crippen LogP contribution >= 0.6 is 15.9 Å². The molecule has 106 valence electrons. The summed E-state index contributed by atoms with van der Waals surface area (Å²) in [5, 5.41) is 10.8. The summed E-state index contributed by atoms with van der Waals surface area (Å²) in [7, 11) is 0. The van der Waals surface area contributed by atoms with Gasteiger partial charge in [0.25, 0.3) is 0 Å². The Hall–Kier alpha value is -1.16. The SMILES string of the molecule is Cc1cccc(C)c1C(O)C(CN)c1cccc(Br)c1. The molecule has 3 heteroatoms. The van der Waals surface area contributed by atoms with E-state index in [9.17, 15) is 5.11 Å². The Morgan fingerprint density at radius 2 is 1.70 bits per heavy atom. The van der Waals surface area contributed by atoms with E-state index < -0.39 is 6.10 Å². The molecule has 0 heterocycles. The summed E-state index contributed by atoms with van der Waals surface area (Å²) in [6, 6.07) is 14.0. The fourth-order valence-electron chi connectivity index (χ4n) is 2.68. The van der Waals surface area contributed by atoms with Crippen LogP contribution in [0.25, 0.3) is 0 Å². The van der Waals surface area contributed by atoms with Crippen molar-refractivity contribution in [3.8, 4) is 0 Å². The first-order chi connectivity index (χ1) is 9.54. The van der Waals surface area contributed by atoms with Crippen molar-refractivity contribution in [3.05, 3.63) is 69.2 Å². The van der Waals surface area contributed by atoms with Crippen molar-refractivity contribution < 1.29 is 5.11 Å². The maximum atomic E-state index is 10.8. The summed E-state index contributed by atoms with van der Waals surface area (Å²) >= 11 is 3.47. The zero-order valence-electron chi connectivity index (χ0n) is 11.8. The summed E-state index contributed by atoms with van der Waals surface area (Å²) in [5.74, 6) is -0.104. The van der Waals surface area contributed by atoms with Crippen LogP contribution in [0, 0.1) is 13.8 Å². The van der Waals surface area contributed by atoms with Crippen molar-refractivity contribution in [2.24, 2.45) is 5.73 Å². The standard InChI is InChI=1S/C17H20BrNO/c1-11-5-3-6-12(2)16(11)17(20)15(10-19)13-7-4-8-14(18)9-13/h3-9,15,17,20H,10,19H2,1-2H3. The Kier molecular flexibility index (Phi) is 4.97. The Morgan fingerprint density at radius 1 is 1.10 bits per heavy atom. The van der Waals surface area contributed by atoms with E-state index in [1.54, 1.807) is 0 Å². The second-order valence-electron chi connectivity index (χ2n) is 5.15.